The lowest BCUT2D eigenvalue weighted by molar-refractivity contribution is 0.0131. The molecule has 100 valence electrons. The monoisotopic (exact) mass is 251 g/mol. The van der Waals surface area contributed by atoms with Crippen molar-refractivity contribution in [1.29, 1.82) is 5.26 Å². The summed E-state index contributed by atoms with van der Waals surface area (Å²) in [5, 5.41) is 8.60. The van der Waals surface area contributed by atoms with Gasteiger partial charge in [-0.3, -0.25) is 4.90 Å². The third kappa shape index (κ3) is 2.75. The normalized spacial score (nSPS) is 27.3. The summed E-state index contributed by atoms with van der Waals surface area (Å²) in [6.07, 6.45) is 1.38. The summed E-state index contributed by atoms with van der Waals surface area (Å²) in [4.78, 5) is 16.2. The van der Waals surface area contributed by atoms with E-state index in [0.717, 1.165) is 26.1 Å². The molecule has 2 aliphatic heterocycles. The highest BCUT2D eigenvalue weighted by molar-refractivity contribution is 5.69. The van der Waals surface area contributed by atoms with Crippen molar-refractivity contribution in [2.75, 3.05) is 19.6 Å². The van der Waals surface area contributed by atoms with E-state index >= 15 is 0 Å². The van der Waals surface area contributed by atoms with Gasteiger partial charge in [-0.2, -0.15) is 5.26 Å². The fourth-order valence-corrected chi connectivity index (χ4v) is 2.76. The summed E-state index contributed by atoms with van der Waals surface area (Å²) < 4.78 is 5.41. The Hall–Kier alpha value is -1.28. The van der Waals surface area contributed by atoms with Crippen LogP contribution in [0.15, 0.2) is 0 Å². The molecule has 1 unspecified atom stereocenters. The first-order valence-electron chi connectivity index (χ1n) is 6.51. The van der Waals surface area contributed by atoms with Gasteiger partial charge < -0.3 is 9.64 Å². The molecule has 0 radical (unpaired) electrons. The van der Waals surface area contributed by atoms with Gasteiger partial charge in [0.2, 0.25) is 0 Å². The van der Waals surface area contributed by atoms with Crippen molar-refractivity contribution in [2.24, 2.45) is 0 Å². The van der Waals surface area contributed by atoms with Crippen LogP contribution >= 0.6 is 0 Å². The SMILES string of the molecule is CC(C)(C)OC(=O)N1CC2C[C@@H]1CN2CCC#N. The zero-order chi connectivity index (χ0) is 13.3. The van der Waals surface area contributed by atoms with Gasteiger partial charge in [0.1, 0.15) is 5.60 Å². The Kier molecular flexibility index (Phi) is 3.49. The Labute approximate surface area is 108 Å². The summed E-state index contributed by atoms with van der Waals surface area (Å²) in [6, 6.07) is 2.85. The Bertz CT molecular complexity index is 369. The number of hydrogen-bond donors (Lipinski definition) is 0. The van der Waals surface area contributed by atoms with Gasteiger partial charge in [0.05, 0.1) is 6.07 Å². The summed E-state index contributed by atoms with van der Waals surface area (Å²) in [7, 11) is 0. The number of likely N-dealkylation sites (tertiary alicyclic amines) is 2. The largest absolute Gasteiger partial charge is 0.444 e. The molecule has 0 saturated carbocycles. The summed E-state index contributed by atoms with van der Waals surface area (Å²) in [6.45, 7) is 8.10. The van der Waals surface area contributed by atoms with Gasteiger partial charge in [-0.15, -0.1) is 0 Å². The molecule has 0 aromatic carbocycles. The second-order valence-corrected chi connectivity index (χ2v) is 6.08. The molecule has 2 saturated heterocycles. The van der Waals surface area contributed by atoms with Crippen LogP contribution in [0.25, 0.3) is 0 Å². The molecule has 18 heavy (non-hydrogen) atoms. The van der Waals surface area contributed by atoms with Crippen LogP contribution in [0.2, 0.25) is 0 Å². The zero-order valence-electron chi connectivity index (χ0n) is 11.3. The maximum atomic E-state index is 12.0. The van der Waals surface area contributed by atoms with Gasteiger partial charge in [0, 0.05) is 38.1 Å². The molecule has 2 aliphatic rings. The number of nitriles is 1. The molecule has 0 aliphatic carbocycles. The van der Waals surface area contributed by atoms with Crippen molar-refractivity contribution in [2.45, 2.75) is 51.3 Å². The number of carbonyl (C=O) groups is 1. The van der Waals surface area contributed by atoms with Gasteiger partial charge >= 0.3 is 6.09 Å². The van der Waals surface area contributed by atoms with Crippen molar-refractivity contribution in [3.05, 3.63) is 0 Å². The molecule has 1 amide bonds. The van der Waals surface area contributed by atoms with E-state index in [2.05, 4.69) is 11.0 Å². The molecule has 2 rings (SSSR count). The second kappa shape index (κ2) is 4.77. The first-order valence-corrected chi connectivity index (χ1v) is 6.51. The van der Waals surface area contributed by atoms with Gasteiger partial charge in [0.25, 0.3) is 0 Å². The third-order valence-corrected chi connectivity index (χ3v) is 3.49. The molecule has 0 aromatic heterocycles. The van der Waals surface area contributed by atoms with Crippen LogP contribution in [-0.4, -0.2) is 53.2 Å². The summed E-state index contributed by atoms with van der Waals surface area (Å²) in [5.41, 5.74) is -0.431. The van der Waals surface area contributed by atoms with E-state index in [4.69, 9.17) is 10.00 Å². The van der Waals surface area contributed by atoms with Crippen molar-refractivity contribution in [3.8, 4) is 6.07 Å². The van der Waals surface area contributed by atoms with E-state index in [1.807, 2.05) is 25.7 Å². The number of amides is 1. The van der Waals surface area contributed by atoms with E-state index in [1.54, 1.807) is 0 Å². The predicted octanol–water partition coefficient (Wildman–Crippen LogP) is 1.59. The minimum Gasteiger partial charge on any atom is -0.444 e. The number of nitrogens with zero attached hydrogens (tertiary/aromatic N) is 3. The lowest BCUT2D eigenvalue weighted by atomic mass is 10.2. The fourth-order valence-electron chi connectivity index (χ4n) is 2.76. The van der Waals surface area contributed by atoms with Crippen LogP contribution in [-0.2, 0) is 4.74 Å². The Balaban J connectivity index is 1.87. The molecule has 2 heterocycles. The minimum atomic E-state index is -0.431. The number of hydrogen-bond acceptors (Lipinski definition) is 4. The quantitative estimate of drug-likeness (QED) is 0.748. The first kappa shape index (κ1) is 13.2. The van der Waals surface area contributed by atoms with E-state index in [1.165, 1.54) is 0 Å². The summed E-state index contributed by atoms with van der Waals surface area (Å²) >= 11 is 0. The molecule has 2 fully saturated rings. The number of carbonyl (C=O) groups excluding carboxylic acids is 1. The molecule has 2 bridgehead atoms. The zero-order valence-corrected chi connectivity index (χ0v) is 11.3. The predicted molar refractivity (Wildman–Crippen MR) is 66.9 cm³/mol. The highest BCUT2D eigenvalue weighted by Gasteiger charge is 2.46. The average Bonchev–Trinajstić information content (AvgIpc) is 2.82. The smallest absolute Gasteiger partial charge is 0.410 e. The maximum Gasteiger partial charge on any atom is 0.410 e. The van der Waals surface area contributed by atoms with Crippen LogP contribution in [0.1, 0.15) is 33.6 Å². The third-order valence-electron chi connectivity index (χ3n) is 3.49. The first-order chi connectivity index (χ1) is 8.40. The Morgan fingerprint density at radius 2 is 2.11 bits per heavy atom. The van der Waals surface area contributed by atoms with E-state index in [-0.39, 0.29) is 12.1 Å². The van der Waals surface area contributed by atoms with Gasteiger partial charge in [-0.25, -0.2) is 4.79 Å². The molecule has 5 nitrogen and oxygen atoms in total. The highest BCUT2D eigenvalue weighted by atomic mass is 16.6. The van der Waals surface area contributed by atoms with Crippen LogP contribution in [0.3, 0.4) is 0 Å². The average molecular weight is 251 g/mol. The van der Waals surface area contributed by atoms with E-state index < -0.39 is 5.60 Å². The molecule has 2 atom stereocenters. The highest BCUT2D eigenvalue weighted by Crippen LogP contribution is 2.31. The number of rotatable bonds is 2. The number of ether oxygens (including phenoxy) is 1. The van der Waals surface area contributed by atoms with Gasteiger partial charge in [-0.05, 0) is 27.2 Å². The topological polar surface area (TPSA) is 56.6 Å². The standard InChI is InChI=1S/C13H21N3O2/c1-13(2,3)18-12(17)16-9-10-7-11(16)8-15(10)6-4-5-14/h10-11H,4,6-9H2,1-3H3/t10?,11-/m1/s1. The lowest BCUT2D eigenvalue weighted by Gasteiger charge is -2.34. The van der Waals surface area contributed by atoms with Crippen LogP contribution in [0, 0.1) is 11.3 Å². The molecule has 0 N–H and O–H groups in total. The van der Waals surface area contributed by atoms with Gasteiger partial charge in [0.15, 0.2) is 0 Å². The minimum absolute atomic E-state index is 0.199. The Morgan fingerprint density at radius 1 is 1.39 bits per heavy atom. The molecular formula is C13H21N3O2. The number of piperazine rings is 1. The van der Waals surface area contributed by atoms with E-state index in [9.17, 15) is 4.79 Å². The Morgan fingerprint density at radius 3 is 2.61 bits per heavy atom. The van der Waals surface area contributed by atoms with E-state index in [0.29, 0.717) is 12.5 Å². The molecule has 0 spiro atoms. The molecule has 0 aromatic rings. The number of fused-ring (bicyclic) bond motifs is 2. The van der Waals surface area contributed by atoms with Crippen LogP contribution in [0.4, 0.5) is 4.79 Å². The van der Waals surface area contributed by atoms with Crippen LogP contribution < -0.4 is 0 Å². The fraction of sp³-hybridized carbons (Fsp3) is 0.846. The summed E-state index contributed by atoms with van der Waals surface area (Å²) in [5.74, 6) is 0. The van der Waals surface area contributed by atoms with Gasteiger partial charge in [-0.1, -0.05) is 0 Å². The van der Waals surface area contributed by atoms with Crippen molar-refractivity contribution in [1.82, 2.24) is 9.80 Å². The molecule has 5 heteroatoms. The molecular weight excluding hydrogens is 230 g/mol. The van der Waals surface area contributed by atoms with Crippen LogP contribution in [0.5, 0.6) is 0 Å². The second-order valence-electron chi connectivity index (χ2n) is 6.08. The van der Waals surface area contributed by atoms with Crippen molar-refractivity contribution >= 4 is 6.09 Å². The lowest BCUT2D eigenvalue weighted by Crippen LogP contribution is -2.50. The van der Waals surface area contributed by atoms with Crippen molar-refractivity contribution in [3.63, 3.8) is 0 Å². The van der Waals surface area contributed by atoms with Crippen molar-refractivity contribution < 1.29 is 9.53 Å². The maximum absolute atomic E-state index is 12.0.